The molecule has 0 spiro atoms. The highest BCUT2D eigenvalue weighted by Gasteiger charge is 2.25. The van der Waals surface area contributed by atoms with Gasteiger partial charge in [-0.15, -0.1) is 0 Å². The van der Waals surface area contributed by atoms with Gasteiger partial charge in [-0.25, -0.2) is 0 Å². The molecule has 1 amide bonds. The van der Waals surface area contributed by atoms with Gasteiger partial charge in [-0.3, -0.25) is 4.79 Å². The summed E-state index contributed by atoms with van der Waals surface area (Å²) in [6.07, 6.45) is 4.32. The Balaban J connectivity index is 2.28. The predicted molar refractivity (Wildman–Crippen MR) is 67.3 cm³/mol. The predicted octanol–water partition coefficient (Wildman–Crippen LogP) is 1.93. The largest absolute Gasteiger partial charge is 0.355 e. The van der Waals surface area contributed by atoms with Crippen molar-refractivity contribution in [3.8, 4) is 0 Å². The molecule has 0 bridgehead atoms. The van der Waals surface area contributed by atoms with Crippen LogP contribution in [0.25, 0.3) is 0 Å². The van der Waals surface area contributed by atoms with Crippen molar-refractivity contribution in [3.63, 3.8) is 0 Å². The zero-order chi connectivity index (χ0) is 12.2. The van der Waals surface area contributed by atoms with Gasteiger partial charge in [0, 0.05) is 18.5 Å². The quantitative estimate of drug-likeness (QED) is 0.772. The molecule has 1 rings (SSSR count). The monoisotopic (exact) mass is 226 g/mol. The standard InChI is InChI=1S/C13H26N2O/c1-13(2,3)9-15-12(16)10-5-7-11(14-4)8-6-10/h10-11,14H,5-9H2,1-4H3,(H,15,16). The fourth-order valence-electron chi connectivity index (χ4n) is 2.14. The van der Waals surface area contributed by atoms with Gasteiger partial charge in [0.2, 0.25) is 5.91 Å². The summed E-state index contributed by atoms with van der Waals surface area (Å²) in [7, 11) is 2.00. The lowest BCUT2D eigenvalue weighted by molar-refractivity contribution is -0.126. The summed E-state index contributed by atoms with van der Waals surface area (Å²) in [5.41, 5.74) is 0.178. The van der Waals surface area contributed by atoms with Crippen molar-refractivity contribution in [3.05, 3.63) is 0 Å². The minimum Gasteiger partial charge on any atom is -0.355 e. The molecule has 0 aromatic rings. The Hall–Kier alpha value is -0.570. The normalized spacial score (nSPS) is 26.5. The Kier molecular flexibility index (Phi) is 4.78. The first kappa shape index (κ1) is 13.5. The fraction of sp³-hybridized carbons (Fsp3) is 0.923. The minimum atomic E-state index is 0.178. The summed E-state index contributed by atoms with van der Waals surface area (Å²) >= 11 is 0. The number of nitrogens with one attached hydrogen (secondary N) is 2. The Morgan fingerprint density at radius 2 is 1.75 bits per heavy atom. The lowest BCUT2D eigenvalue weighted by Gasteiger charge is -2.28. The molecule has 1 saturated carbocycles. The van der Waals surface area contributed by atoms with E-state index >= 15 is 0 Å². The summed E-state index contributed by atoms with van der Waals surface area (Å²) < 4.78 is 0. The molecule has 0 radical (unpaired) electrons. The molecule has 3 heteroatoms. The van der Waals surface area contributed by atoms with Gasteiger partial charge in [-0.05, 0) is 38.1 Å². The number of hydrogen-bond acceptors (Lipinski definition) is 2. The average molecular weight is 226 g/mol. The molecule has 1 fully saturated rings. The molecule has 0 atom stereocenters. The minimum absolute atomic E-state index is 0.178. The highest BCUT2D eigenvalue weighted by molar-refractivity contribution is 5.78. The second-order valence-corrected chi connectivity index (χ2v) is 6.12. The summed E-state index contributed by atoms with van der Waals surface area (Å²) in [6, 6.07) is 0.617. The van der Waals surface area contributed by atoms with Crippen molar-refractivity contribution in [2.24, 2.45) is 11.3 Å². The maximum Gasteiger partial charge on any atom is 0.223 e. The Bertz CT molecular complexity index is 225. The van der Waals surface area contributed by atoms with Crippen molar-refractivity contribution in [2.75, 3.05) is 13.6 Å². The van der Waals surface area contributed by atoms with Gasteiger partial charge in [-0.1, -0.05) is 20.8 Å². The summed E-state index contributed by atoms with van der Waals surface area (Å²) in [5, 5.41) is 6.35. The van der Waals surface area contributed by atoms with Gasteiger partial charge >= 0.3 is 0 Å². The number of rotatable bonds is 3. The van der Waals surface area contributed by atoms with Gasteiger partial charge in [0.1, 0.15) is 0 Å². The highest BCUT2D eigenvalue weighted by atomic mass is 16.1. The van der Waals surface area contributed by atoms with Crippen molar-refractivity contribution in [2.45, 2.75) is 52.5 Å². The van der Waals surface area contributed by atoms with Crippen LogP contribution in [0.15, 0.2) is 0 Å². The molecule has 0 saturated heterocycles. The SMILES string of the molecule is CNC1CCC(C(=O)NCC(C)(C)C)CC1. The van der Waals surface area contributed by atoms with Gasteiger partial charge in [-0.2, -0.15) is 0 Å². The lowest BCUT2D eigenvalue weighted by atomic mass is 9.85. The van der Waals surface area contributed by atoms with E-state index in [9.17, 15) is 4.79 Å². The highest BCUT2D eigenvalue weighted by Crippen LogP contribution is 2.24. The maximum absolute atomic E-state index is 11.9. The number of hydrogen-bond donors (Lipinski definition) is 2. The zero-order valence-electron chi connectivity index (χ0n) is 11.1. The average Bonchev–Trinajstić information content (AvgIpc) is 2.25. The van der Waals surface area contributed by atoms with E-state index in [1.54, 1.807) is 0 Å². The third-order valence-corrected chi connectivity index (χ3v) is 3.30. The summed E-state index contributed by atoms with van der Waals surface area (Å²) in [5.74, 6) is 0.497. The Morgan fingerprint density at radius 1 is 1.19 bits per heavy atom. The van der Waals surface area contributed by atoms with Crippen molar-refractivity contribution in [1.82, 2.24) is 10.6 Å². The molecule has 0 aromatic carbocycles. The molecule has 3 nitrogen and oxygen atoms in total. The van der Waals surface area contributed by atoms with Crippen LogP contribution in [0.2, 0.25) is 0 Å². The molecule has 2 N–H and O–H groups in total. The first-order valence-electron chi connectivity index (χ1n) is 6.37. The fourth-order valence-corrected chi connectivity index (χ4v) is 2.14. The van der Waals surface area contributed by atoms with Crippen LogP contribution < -0.4 is 10.6 Å². The smallest absolute Gasteiger partial charge is 0.223 e. The first-order valence-corrected chi connectivity index (χ1v) is 6.37. The molecule has 94 valence electrons. The van der Waals surface area contributed by atoms with E-state index in [1.807, 2.05) is 7.05 Å². The molecule has 0 unspecified atom stereocenters. The van der Waals surface area contributed by atoms with Crippen LogP contribution >= 0.6 is 0 Å². The second kappa shape index (κ2) is 5.67. The Morgan fingerprint density at radius 3 is 2.19 bits per heavy atom. The zero-order valence-corrected chi connectivity index (χ0v) is 11.1. The summed E-state index contributed by atoms with van der Waals surface area (Å²) in [6.45, 7) is 7.21. The molecular formula is C13H26N2O. The van der Waals surface area contributed by atoms with Crippen LogP contribution in [0.5, 0.6) is 0 Å². The van der Waals surface area contributed by atoms with E-state index < -0.39 is 0 Å². The third-order valence-electron chi connectivity index (χ3n) is 3.30. The van der Waals surface area contributed by atoms with E-state index in [0.29, 0.717) is 6.04 Å². The molecular weight excluding hydrogens is 200 g/mol. The molecule has 16 heavy (non-hydrogen) atoms. The van der Waals surface area contributed by atoms with E-state index in [2.05, 4.69) is 31.4 Å². The van der Waals surface area contributed by atoms with E-state index in [1.165, 1.54) is 0 Å². The van der Waals surface area contributed by atoms with Crippen LogP contribution in [0.3, 0.4) is 0 Å². The van der Waals surface area contributed by atoms with E-state index in [-0.39, 0.29) is 17.2 Å². The van der Waals surface area contributed by atoms with Crippen LogP contribution in [0.4, 0.5) is 0 Å². The number of carbonyl (C=O) groups excluding carboxylic acids is 1. The first-order chi connectivity index (χ1) is 7.42. The van der Waals surface area contributed by atoms with E-state index in [4.69, 9.17) is 0 Å². The molecule has 1 aliphatic carbocycles. The van der Waals surface area contributed by atoms with Crippen molar-refractivity contribution >= 4 is 5.91 Å². The van der Waals surface area contributed by atoms with Gasteiger partial charge in [0.05, 0.1) is 0 Å². The molecule has 0 aliphatic heterocycles. The van der Waals surface area contributed by atoms with Gasteiger partial charge in [0.15, 0.2) is 0 Å². The second-order valence-electron chi connectivity index (χ2n) is 6.12. The van der Waals surface area contributed by atoms with Crippen LogP contribution in [0.1, 0.15) is 46.5 Å². The van der Waals surface area contributed by atoms with Crippen LogP contribution in [-0.2, 0) is 4.79 Å². The van der Waals surface area contributed by atoms with Crippen molar-refractivity contribution < 1.29 is 4.79 Å². The molecule has 0 heterocycles. The van der Waals surface area contributed by atoms with Gasteiger partial charge in [0.25, 0.3) is 0 Å². The topological polar surface area (TPSA) is 41.1 Å². The van der Waals surface area contributed by atoms with E-state index in [0.717, 1.165) is 32.2 Å². The number of amides is 1. The number of carbonyl (C=O) groups is 1. The maximum atomic E-state index is 11.9. The van der Waals surface area contributed by atoms with Crippen molar-refractivity contribution in [1.29, 1.82) is 0 Å². The summed E-state index contributed by atoms with van der Waals surface area (Å²) in [4.78, 5) is 11.9. The Labute approximate surface area is 99.4 Å². The van der Waals surface area contributed by atoms with Crippen LogP contribution in [-0.4, -0.2) is 25.5 Å². The van der Waals surface area contributed by atoms with Gasteiger partial charge < -0.3 is 10.6 Å². The molecule has 0 aromatic heterocycles. The molecule has 1 aliphatic rings. The third kappa shape index (κ3) is 4.52. The lowest BCUT2D eigenvalue weighted by Crippen LogP contribution is -2.40. The van der Waals surface area contributed by atoms with Crippen LogP contribution in [0, 0.1) is 11.3 Å².